The molecule has 2 atom stereocenters. The fourth-order valence-corrected chi connectivity index (χ4v) is 2.24. The Hall–Kier alpha value is 0.210. The van der Waals surface area contributed by atoms with Crippen molar-refractivity contribution in [3.63, 3.8) is 0 Å². The van der Waals surface area contributed by atoms with Crippen LogP contribution >= 0.6 is 11.6 Å². The Morgan fingerprint density at radius 1 is 1.43 bits per heavy atom. The Labute approximate surface area is 93.2 Å². The van der Waals surface area contributed by atoms with Gasteiger partial charge in [0.1, 0.15) is 0 Å². The van der Waals surface area contributed by atoms with Crippen molar-refractivity contribution in [2.45, 2.75) is 26.3 Å². The predicted octanol–water partition coefficient (Wildman–Crippen LogP) is 1.89. The summed E-state index contributed by atoms with van der Waals surface area (Å²) in [5.41, 5.74) is 0. The Kier molecular flexibility index (Phi) is 5.21. The lowest BCUT2D eigenvalue weighted by Gasteiger charge is -2.29. The number of hydrogen-bond donors (Lipinski definition) is 0. The first kappa shape index (κ1) is 12.3. The van der Waals surface area contributed by atoms with E-state index >= 15 is 0 Å². The van der Waals surface area contributed by atoms with Crippen LogP contribution < -0.4 is 0 Å². The number of halogens is 1. The first-order valence-corrected chi connectivity index (χ1v) is 6.15. The van der Waals surface area contributed by atoms with Crippen LogP contribution in [-0.4, -0.2) is 54.9 Å². The van der Waals surface area contributed by atoms with E-state index < -0.39 is 0 Å². The van der Waals surface area contributed by atoms with Gasteiger partial charge in [-0.3, -0.25) is 4.90 Å². The Bertz CT molecular complexity index is 163. The molecule has 0 N–H and O–H groups in total. The fourth-order valence-electron chi connectivity index (χ4n) is 2.14. The van der Waals surface area contributed by atoms with Crippen LogP contribution in [0.5, 0.6) is 0 Å². The van der Waals surface area contributed by atoms with Crippen molar-refractivity contribution < 1.29 is 0 Å². The highest BCUT2D eigenvalue weighted by molar-refractivity contribution is 6.18. The molecule has 0 aromatic heterocycles. The monoisotopic (exact) mass is 218 g/mol. The highest BCUT2D eigenvalue weighted by atomic mass is 35.5. The zero-order chi connectivity index (χ0) is 10.6. The summed E-state index contributed by atoms with van der Waals surface area (Å²) in [4.78, 5) is 5.01. The van der Waals surface area contributed by atoms with E-state index in [9.17, 15) is 0 Å². The van der Waals surface area contributed by atoms with Crippen LogP contribution in [0.2, 0.25) is 0 Å². The summed E-state index contributed by atoms with van der Waals surface area (Å²) >= 11 is 5.85. The van der Waals surface area contributed by atoms with E-state index in [1.807, 2.05) is 0 Å². The van der Waals surface area contributed by atoms with E-state index in [2.05, 4.69) is 30.7 Å². The average molecular weight is 219 g/mol. The van der Waals surface area contributed by atoms with Crippen LogP contribution in [0.4, 0.5) is 0 Å². The molecule has 1 heterocycles. The normalized spacial score (nSPS) is 28.7. The molecule has 0 aliphatic carbocycles. The summed E-state index contributed by atoms with van der Waals surface area (Å²) in [7, 11) is 2.21. The van der Waals surface area contributed by atoms with Crippen molar-refractivity contribution in [3.8, 4) is 0 Å². The van der Waals surface area contributed by atoms with Gasteiger partial charge in [-0.25, -0.2) is 0 Å². The molecule has 0 bridgehead atoms. The maximum absolute atomic E-state index is 5.85. The van der Waals surface area contributed by atoms with Crippen LogP contribution in [0.3, 0.4) is 0 Å². The average Bonchev–Trinajstić information content (AvgIpc) is 2.29. The Morgan fingerprint density at radius 2 is 2.14 bits per heavy atom. The zero-order valence-electron chi connectivity index (χ0n) is 9.67. The summed E-state index contributed by atoms with van der Waals surface area (Å²) in [5, 5.41) is 0. The third-order valence-electron chi connectivity index (χ3n) is 2.99. The van der Waals surface area contributed by atoms with Gasteiger partial charge in [0.15, 0.2) is 0 Å². The minimum Gasteiger partial charge on any atom is -0.305 e. The maximum Gasteiger partial charge on any atom is 0.0261 e. The Morgan fingerprint density at radius 3 is 2.79 bits per heavy atom. The van der Waals surface area contributed by atoms with Gasteiger partial charge in [0.25, 0.3) is 0 Å². The van der Waals surface area contributed by atoms with Crippen molar-refractivity contribution in [3.05, 3.63) is 0 Å². The molecular formula is C11H23ClN2. The van der Waals surface area contributed by atoms with Crippen molar-refractivity contribution in [2.24, 2.45) is 5.92 Å². The summed E-state index contributed by atoms with van der Waals surface area (Å²) in [6.07, 6.45) is 1.29. The minimum atomic E-state index is 0.613. The van der Waals surface area contributed by atoms with Crippen LogP contribution in [0, 0.1) is 5.92 Å². The van der Waals surface area contributed by atoms with E-state index in [4.69, 9.17) is 11.6 Å². The molecule has 1 fully saturated rings. The van der Waals surface area contributed by atoms with E-state index in [-0.39, 0.29) is 0 Å². The third-order valence-corrected chi connectivity index (χ3v) is 3.52. The number of alkyl halides is 1. The van der Waals surface area contributed by atoms with E-state index in [1.54, 1.807) is 0 Å². The molecule has 84 valence electrons. The highest BCUT2D eigenvalue weighted by Gasteiger charge is 2.20. The number of likely N-dealkylation sites (N-methyl/N-ethyl adjacent to an activating group) is 1. The van der Waals surface area contributed by atoms with Gasteiger partial charge < -0.3 is 4.90 Å². The zero-order valence-corrected chi connectivity index (χ0v) is 10.4. The first-order chi connectivity index (χ1) is 6.63. The highest BCUT2D eigenvalue weighted by Crippen LogP contribution is 2.11. The van der Waals surface area contributed by atoms with E-state index in [1.165, 1.54) is 26.1 Å². The van der Waals surface area contributed by atoms with Crippen LogP contribution in [-0.2, 0) is 0 Å². The van der Waals surface area contributed by atoms with Crippen molar-refractivity contribution in [2.75, 3.05) is 39.1 Å². The topological polar surface area (TPSA) is 6.48 Å². The number of rotatable bonds is 3. The molecule has 3 heteroatoms. The van der Waals surface area contributed by atoms with E-state index in [0.29, 0.717) is 12.0 Å². The second-order valence-corrected chi connectivity index (χ2v) is 5.03. The smallest absolute Gasteiger partial charge is 0.0261 e. The molecule has 0 radical (unpaired) electrons. The van der Waals surface area contributed by atoms with Crippen molar-refractivity contribution in [1.82, 2.24) is 9.80 Å². The van der Waals surface area contributed by atoms with Gasteiger partial charge in [0.05, 0.1) is 0 Å². The molecule has 1 aliphatic heterocycles. The van der Waals surface area contributed by atoms with Gasteiger partial charge in [-0.15, -0.1) is 11.6 Å². The molecule has 1 aliphatic rings. The maximum atomic E-state index is 5.85. The molecule has 14 heavy (non-hydrogen) atoms. The van der Waals surface area contributed by atoms with Crippen LogP contribution in [0.1, 0.15) is 20.3 Å². The summed E-state index contributed by atoms with van der Waals surface area (Å²) in [6.45, 7) is 9.35. The molecule has 0 amide bonds. The second-order valence-electron chi connectivity index (χ2n) is 4.72. The molecule has 0 aromatic rings. The standard InChI is InChI=1S/C11H23ClN2/c1-10(7-12)8-14-6-4-5-13(3)9-11(14)2/h10-11H,4-9H2,1-3H3. The lowest BCUT2D eigenvalue weighted by atomic mass is 10.1. The molecule has 0 saturated carbocycles. The lowest BCUT2D eigenvalue weighted by Crippen LogP contribution is -2.40. The van der Waals surface area contributed by atoms with E-state index in [0.717, 1.165) is 12.4 Å². The second kappa shape index (κ2) is 5.94. The molecule has 2 unspecified atom stereocenters. The van der Waals surface area contributed by atoms with Gasteiger partial charge in [-0.1, -0.05) is 6.92 Å². The third kappa shape index (κ3) is 3.76. The minimum absolute atomic E-state index is 0.613. The number of hydrogen-bond acceptors (Lipinski definition) is 2. The summed E-state index contributed by atoms with van der Waals surface area (Å²) in [6, 6.07) is 0.674. The SMILES string of the molecule is CC(CCl)CN1CCCN(C)CC1C. The first-order valence-electron chi connectivity index (χ1n) is 5.62. The van der Waals surface area contributed by atoms with Gasteiger partial charge in [-0.2, -0.15) is 0 Å². The summed E-state index contributed by atoms with van der Waals surface area (Å²) < 4.78 is 0. The quantitative estimate of drug-likeness (QED) is 0.668. The van der Waals surface area contributed by atoms with Crippen molar-refractivity contribution >= 4 is 11.6 Å². The van der Waals surface area contributed by atoms with Crippen LogP contribution in [0.25, 0.3) is 0 Å². The summed E-state index contributed by atoms with van der Waals surface area (Å²) in [5.74, 6) is 1.39. The fraction of sp³-hybridized carbons (Fsp3) is 1.00. The number of nitrogens with zero attached hydrogens (tertiary/aromatic N) is 2. The van der Waals surface area contributed by atoms with Crippen molar-refractivity contribution in [1.29, 1.82) is 0 Å². The molecule has 2 nitrogen and oxygen atoms in total. The molecular weight excluding hydrogens is 196 g/mol. The predicted molar refractivity (Wildman–Crippen MR) is 63.0 cm³/mol. The molecule has 0 spiro atoms. The van der Waals surface area contributed by atoms with Gasteiger partial charge in [0.2, 0.25) is 0 Å². The molecule has 0 aromatic carbocycles. The molecule has 1 rings (SSSR count). The van der Waals surface area contributed by atoms with Crippen LogP contribution in [0.15, 0.2) is 0 Å². The van der Waals surface area contributed by atoms with Gasteiger partial charge in [-0.05, 0) is 39.4 Å². The largest absolute Gasteiger partial charge is 0.305 e. The molecule has 1 saturated heterocycles. The lowest BCUT2D eigenvalue weighted by molar-refractivity contribution is 0.183. The Balaban J connectivity index is 2.42. The van der Waals surface area contributed by atoms with Gasteiger partial charge in [0, 0.05) is 25.0 Å². The van der Waals surface area contributed by atoms with Gasteiger partial charge >= 0.3 is 0 Å².